The van der Waals surface area contributed by atoms with Gasteiger partial charge < -0.3 is 14.8 Å². The van der Waals surface area contributed by atoms with Crippen molar-refractivity contribution in [2.24, 2.45) is 0 Å². The van der Waals surface area contributed by atoms with Crippen molar-refractivity contribution in [3.05, 3.63) is 47.5 Å². The van der Waals surface area contributed by atoms with Crippen LogP contribution in [0.5, 0.6) is 11.5 Å². The van der Waals surface area contributed by atoms with Gasteiger partial charge in [0, 0.05) is 11.8 Å². The molecule has 6 nitrogen and oxygen atoms in total. The Morgan fingerprint density at radius 2 is 1.74 bits per heavy atom. The zero-order valence-electron chi connectivity index (χ0n) is 17.6. The summed E-state index contributed by atoms with van der Waals surface area (Å²) in [6.45, 7) is 0.414. The van der Waals surface area contributed by atoms with E-state index in [2.05, 4.69) is 10.1 Å². The van der Waals surface area contributed by atoms with Gasteiger partial charge in [0.25, 0.3) is 0 Å². The van der Waals surface area contributed by atoms with Crippen LogP contribution < -0.4 is 14.8 Å². The van der Waals surface area contributed by atoms with Gasteiger partial charge in [-0.05, 0) is 56.0 Å². The van der Waals surface area contributed by atoms with Gasteiger partial charge in [-0.1, -0.05) is 25.0 Å². The Balaban J connectivity index is 1.99. The Kier molecular flexibility index (Phi) is 6.54. The number of halogens is 2. The second-order valence-electron chi connectivity index (χ2n) is 7.67. The third kappa shape index (κ3) is 4.37. The number of aryl methyl sites for hydroxylation is 2. The lowest BCUT2D eigenvalue weighted by Crippen LogP contribution is -2.47. The molecular formula is C22H25F2NO5S. The lowest BCUT2D eigenvalue weighted by molar-refractivity contribution is -0.118. The molecule has 2 aromatic carbocycles. The molecule has 0 unspecified atom stereocenters. The van der Waals surface area contributed by atoms with Crippen LogP contribution in [0.1, 0.15) is 36.8 Å². The summed E-state index contributed by atoms with van der Waals surface area (Å²) in [4.78, 5) is 13.5. The second kappa shape index (κ2) is 8.82. The first-order chi connectivity index (χ1) is 14.6. The van der Waals surface area contributed by atoms with Gasteiger partial charge in [-0.3, -0.25) is 4.79 Å². The molecule has 0 radical (unpaired) electrons. The van der Waals surface area contributed by atoms with Crippen LogP contribution in [-0.2, 0) is 14.6 Å². The summed E-state index contributed by atoms with van der Waals surface area (Å²) in [6, 6.07) is 9.13. The average molecular weight is 454 g/mol. The Morgan fingerprint density at radius 3 is 2.35 bits per heavy atom. The van der Waals surface area contributed by atoms with Crippen molar-refractivity contribution < 1.29 is 31.5 Å². The molecule has 0 aromatic heterocycles. The van der Waals surface area contributed by atoms with E-state index in [-0.39, 0.29) is 34.9 Å². The first kappa shape index (κ1) is 23.0. The minimum absolute atomic E-state index is 0.0666. The number of nitrogens with one attached hydrogen (secondary N) is 1. The summed E-state index contributed by atoms with van der Waals surface area (Å²) in [6.07, 6.45) is 1.57. The number of hydrogen-bond acceptors (Lipinski definition) is 5. The average Bonchev–Trinajstić information content (AvgIpc) is 3.21. The zero-order chi connectivity index (χ0) is 22.8. The van der Waals surface area contributed by atoms with E-state index in [4.69, 9.17) is 4.74 Å². The molecule has 0 bridgehead atoms. The molecule has 168 valence electrons. The highest BCUT2D eigenvalue weighted by atomic mass is 32.2. The van der Waals surface area contributed by atoms with Crippen molar-refractivity contribution in [2.75, 3.05) is 12.4 Å². The summed E-state index contributed by atoms with van der Waals surface area (Å²) >= 11 is 0. The normalized spacial score (nSPS) is 15.7. The number of ether oxygens (including phenoxy) is 2. The van der Waals surface area contributed by atoms with Crippen molar-refractivity contribution in [3.8, 4) is 11.5 Å². The Morgan fingerprint density at radius 1 is 1.06 bits per heavy atom. The van der Waals surface area contributed by atoms with Crippen molar-refractivity contribution in [1.29, 1.82) is 0 Å². The minimum Gasteiger partial charge on any atom is -0.493 e. The number of alkyl halides is 2. The largest absolute Gasteiger partial charge is 0.493 e. The van der Waals surface area contributed by atoms with Gasteiger partial charge >= 0.3 is 6.61 Å². The van der Waals surface area contributed by atoms with E-state index in [1.165, 1.54) is 25.3 Å². The molecule has 0 saturated heterocycles. The number of rotatable bonds is 7. The van der Waals surface area contributed by atoms with Crippen LogP contribution in [0.25, 0.3) is 0 Å². The zero-order valence-corrected chi connectivity index (χ0v) is 18.4. The molecule has 1 N–H and O–H groups in total. The molecule has 1 aliphatic rings. The van der Waals surface area contributed by atoms with Gasteiger partial charge in [0.15, 0.2) is 26.1 Å². The molecular weight excluding hydrogens is 428 g/mol. The highest BCUT2D eigenvalue weighted by Crippen LogP contribution is 2.43. The maximum absolute atomic E-state index is 13.7. The fourth-order valence-corrected chi connectivity index (χ4v) is 6.33. The Bertz CT molecular complexity index is 1080. The number of methoxy groups -OCH3 is 1. The topological polar surface area (TPSA) is 81.7 Å². The quantitative estimate of drug-likeness (QED) is 0.661. The third-order valence-electron chi connectivity index (χ3n) is 5.61. The fraction of sp³-hybridized carbons (Fsp3) is 0.409. The van der Waals surface area contributed by atoms with Crippen LogP contribution in [0.3, 0.4) is 0 Å². The van der Waals surface area contributed by atoms with Crippen molar-refractivity contribution in [3.63, 3.8) is 0 Å². The summed E-state index contributed by atoms with van der Waals surface area (Å²) in [7, 11) is -2.70. The summed E-state index contributed by atoms with van der Waals surface area (Å²) in [5, 5.41) is 2.60. The molecule has 1 amide bonds. The van der Waals surface area contributed by atoms with Gasteiger partial charge in [0.1, 0.15) is 0 Å². The maximum atomic E-state index is 13.7. The lowest BCUT2D eigenvalue weighted by atomic mass is 10.1. The summed E-state index contributed by atoms with van der Waals surface area (Å²) in [5.74, 6) is -0.871. The second-order valence-corrected chi connectivity index (χ2v) is 9.90. The van der Waals surface area contributed by atoms with E-state index in [1.807, 2.05) is 6.07 Å². The number of carbonyl (C=O) groups is 1. The predicted octanol–water partition coefficient (Wildman–Crippen LogP) is 4.64. The smallest absolute Gasteiger partial charge is 0.387 e. The van der Waals surface area contributed by atoms with Gasteiger partial charge in [-0.15, -0.1) is 0 Å². The minimum atomic E-state index is -4.00. The van der Waals surface area contributed by atoms with Crippen LogP contribution in [0, 0.1) is 13.8 Å². The maximum Gasteiger partial charge on any atom is 0.387 e. The third-order valence-corrected chi connectivity index (χ3v) is 8.25. The van der Waals surface area contributed by atoms with Crippen LogP contribution in [-0.4, -0.2) is 32.8 Å². The number of anilines is 1. The summed E-state index contributed by atoms with van der Waals surface area (Å²) < 4.78 is 60.6. The van der Waals surface area contributed by atoms with Crippen molar-refractivity contribution in [1.82, 2.24) is 0 Å². The van der Waals surface area contributed by atoms with Crippen molar-refractivity contribution >= 4 is 21.4 Å². The molecule has 9 heteroatoms. The molecule has 0 aliphatic heterocycles. The van der Waals surface area contributed by atoms with Crippen LogP contribution in [0.15, 0.2) is 41.3 Å². The standard InChI is InChI=1S/C22H25F2NO5S/c1-14-6-7-15(2)19(12-14)31(27,28)22(10-4-5-11-22)20(26)25-16-8-9-17(29-3)18(13-16)30-21(23)24/h6-9,12-13,21H,4-5,10-11H2,1-3H3,(H,25,26). The Hall–Kier alpha value is -2.68. The van der Waals surface area contributed by atoms with E-state index < -0.39 is 27.1 Å². The van der Waals surface area contributed by atoms with E-state index in [9.17, 15) is 22.0 Å². The Labute approximate surface area is 180 Å². The van der Waals surface area contributed by atoms with Crippen LogP contribution in [0.4, 0.5) is 14.5 Å². The summed E-state index contributed by atoms with van der Waals surface area (Å²) in [5.41, 5.74) is 1.49. The van der Waals surface area contributed by atoms with Crippen LogP contribution in [0.2, 0.25) is 0 Å². The monoisotopic (exact) mass is 453 g/mol. The van der Waals surface area contributed by atoms with E-state index >= 15 is 0 Å². The predicted molar refractivity (Wildman–Crippen MR) is 113 cm³/mol. The van der Waals surface area contributed by atoms with E-state index in [0.717, 1.165) is 5.56 Å². The highest BCUT2D eigenvalue weighted by molar-refractivity contribution is 7.93. The highest BCUT2D eigenvalue weighted by Gasteiger charge is 2.53. The lowest BCUT2D eigenvalue weighted by Gasteiger charge is -2.28. The van der Waals surface area contributed by atoms with Gasteiger partial charge in [0.2, 0.25) is 5.91 Å². The number of sulfone groups is 1. The molecule has 0 atom stereocenters. The number of carbonyl (C=O) groups excluding carboxylic acids is 1. The van der Waals surface area contributed by atoms with Gasteiger partial charge in [-0.25, -0.2) is 8.42 Å². The SMILES string of the molecule is COc1ccc(NC(=O)C2(S(=O)(=O)c3cc(C)ccc3C)CCCC2)cc1OC(F)F. The van der Waals surface area contributed by atoms with E-state index in [0.29, 0.717) is 18.4 Å². The van der Waals surface area contributed by atoms with Gasteiger partial charge in [-0.2, -0.15) is 8.78 Å². The molecule has 1 fully saturated rings. The van der Waals surface area contributed by atoms with Crippen LogP contribution >= 0.6 is 0 Å². The molecule has 0 heterocycles. The number of benzene rings is 2. The molecule has 1 saturated carbocycles. The van der Waals surface area contributed by atoms with Crippen molar-refractivity contribution in [2.45, 2.75) is 55.8 Å². The number of amides is 1. The first-order valence-corrected chi connectivity index (χ1v) is 11.4. The molecule has 31 heavy (non-hydrogen) atoms. The number of hydrogen-bond donors (Lipinski definition) is 1. The van der Waals surface area contributed by atoms with E-state index in [1.54, 1.807) is 26.0 Å². The first-order valence-electron chi connectivity index (χ1n) is 9.87. The molecule has 2 aromatic rings. The fourth-order valence-electron chi connectivity index (χ4n) is 3.96. The molecule has 3 rings (SSSR count). The van der Waals surface area contributed by atoms with Gasteiger partial charge in [0.05, 0.1) is 12.0 Å². The molecule has 1 aliphatic carbocycles. The molecule has 0 spiro atoms.